The highest BCUT2D eigenvalue weighted by Crippen LogP contribution is 2.22. The van der Waals surface area contributed by atoms with E-state index >= 15 is 0 Å². The van der Waals surface area contributed by atoms with Gasteiger partial charge < -0.3 is 19.7 Å². The minimum atomic E-state index is -0.269. The number of rotatable bonds is 6. The Kier molecular flexibility index (Phi) is 7.26. The van der Waals surface area contributed by atoms with Gasteiger partial charge in [0, 0.05) is 19.7 Å². The standard InChI is InChI=1S/C20H29FN2O3/c21-17-9-7-16(8-10-17)19-15-23(12-14-26-19)20(24)22-11-4-13-25-18-5-2-1-3-6-18/h7-10,18-19H,1-6,11-15H2,(H,22,24). The average Bonchev–Trinajstić information content (AvgIpc) is 2.69. The van der Waals surface area contributed by atoms with Crippen LogP contribution in [0.4, 0.5) is 9.18 Å². The molecule has 26 heavy (non-hydrogen) atoms. The smallest absolute Gasteiger partial charge is 0.317 e. The lowest BCUT2D eigenvalue weighted by Gasteiger charge is -2.33. The summed E-state index contributed by atoms with van der Waals surface area (Å²) in [5.41, 5.74) is 0.893. The van der Waals surface area contributed by atoms with E-state index in [1.165, 1.54) is 44.2 Å². The Hall–Kier alpha value is -1.66. The lowest BCUT2D eigenvalue weighted by Crippen LogP contribution is -2.47. The Morgan fingerprint density at radius 2 is 2.00 bits per heavy atom. The molecular weight excluding hydrogens is 335 g/mol. The summed E-state index contributed by atoms with van der Waals surface area (Å²) in [5.74, 6) is -0.269. The van der Waals surface area contributed by atoms with Crippen molar-refractivity contribution in [1.29, 1.82) is 0 Å². The Morgan fingerprint density at radius 3 is 2.77 bits per heavy atom. The molecule has 1 atom stereocenters. The summed E-state index contributed by atoms with van der Waals surface area (Å²) in [7, 11) is 0. The van der Waals surface area contributed by atoms with E-state index in [1.54, 1.807) is 17.0 Å². The average molecular weight is 364 g/mol. The lowest BCUT2D eigenvalue weighted by molar-refractivity contribution is -0.0156. The number of halogens is 1. The number of urea groups is 1. The molecular formula is C20H29FN2O3. The summed E-state index contributed by atoms with van der Waals surface area (Å²) in [6.07, 6.45) is 7.25. The van der Waals surface area contributed by atoms with Crippen molar-refractivity contribution in [3.63, 3.8) is 0 Å². The molecule has 3 rings (SSSR count). The summed E-state index contributed by atoms with van der Waals surface area (Å²) in [6, 6.07) is 6.19. The number of ether oxygens (including phenoxy) is 2. The van der Waals surface area contributed by atoms with E-state index in [2.05, 4.69) is 5.32 Å². The molecule has 1 saturated heterocycles. The summed E-state index contributed by atoms with van der Waals surface area (Å²) in [4.78, 5) is 14.1. The van der Waals surface area contributed by atoms with Gasteiger partial charge in [0.05, 0.1) is 19.3 Å². The second-order valence-corrected chi connectivity index (χ2v) is 7.07. The highest BCUT2D eigenvalue weighted by Gasteiger charge is 2.25. The highest BCUT2D eigenvalue weighted by molar-refractivity contribution is 5.74. The number of hydrogen-bond acceptors (Lipinski definition) is 3. The van der Waals surface area contributed by atoms with Crippen molar-refractivity contribution in [2.45, 2.75) is 50.7 Å². The van der Waals surface area contributed by atoms with Gasteiger partial charge >= 0.3 is 6.03 Å². The predicted molar refractivity (Wildman–Crippen MR) is 97.5 cm³/mol. The summed E-state index contributed by atoms with van der Waals surface area (Å²) in [6.45, 7) is 2.86. The second-order valence-electron chi connectivity index (χ2n) is 7.07. The summed E-state index contributed by atoms with van der Waals surface area (Å²) < 4.78 is 24.7. The van der Waals surface area contributed by atoms with Crippen LogP contribution >= 0.6 is 0 Å². The van der Waals surface area contributed by atoms with Crippen molar-refractivity contribution in [2.75, 3.05) is 32.8 Å². The molecule has 1 aromatic rings. The molecule has 1 saturated carbocycles. The largest absolute Gasteiger partial charge is 0.378 e. The molecule has 2 aliphatic rings. The zero-order valence-electron chi connectivity index (χ0n) is 15.3. The fraction of sp³-hybridized carbons (Fsp3) is 0.650. The minimum absolute atomic E-state index is 0.0712. The SMILES string of the molecule is O=C(NCCCOC1CCCCC1)N1CCOC(c2ccc(F)cc2)C1. The van der Waals surface area contributed by atoms with E-state index in [4.69, 9.17) is 9.47 Å². The Labute approximate surface area is 154 Å². The molecule has 2 amide bonds. The molecule has 5 nitrogen and oxygen atoms in total. The van der Waals surface area contributed by atoms with E-state index in [9.17, 15) is 9.18 Å². The number of hydrogen-bond donors (Lipinski definition) is 1. The van der Waals surface area contributed by atoms with Crippen LogP contribution in [0.3, 0.4) is 0 Å². The number of amides is 2. The molecule has 144 valence electrons. The maximum absolute atomic E-state index is 13.1. The van der Waals surface area contributed by atoms with Gasteiger partial charge in [0.2, 0.25) is 0 Å². The molecule has 1 aliphatic carbocycles. The van der Waals surface area contributed by atoms with Crippen LogP contribution in [-0.4, -0.2) is 49.9 Å². The first-order valence-corrected chi connectivity index (χ1v) is 9.74. The maximum atomic E-state index is 13.1. The van der Waals surface area contributed by atoms with Crippen molar-refractivity contribution in [1.82, 2.24) is 10.2 Å². The van der Waals surface area contributed by atoms with Crippen LogP contribution in [0.25, 0.3) is 0 Å². The van der Waals surface area contributed by atoms with E-state index in [-0.39, 0.29) is 18.0 Å². The fourth-order valence-corrected chi connectivity index (χ4v) is 3.57. The van der Waals surface area contributed by atoms with Crippen molar-refractivity contribution in [3.05, 3.63) is 35.6 Å². The molecule has 1 heterocycles. The van der Waals surface area contributed by atoms with E-state index in [0.29, 0.717) is 39.0 Å². The molecule has 0 radical (unpaired) electrons. The lowest BCUT2D eigenvalue weighted by atomic mass is 9.98. The zero-order chi connectivity index (χ0) is 18.2. The van der Waals surface area contributed by atoms with Gasteiger partial charge in [-0.1, -0.05) is 31.4 Å². The zero-order valence-corrected chi connectivity index (χ0v) is 15.3. The first-order valence-electron chi connectivity index (χ1n) is 9.74. The maximum Gasteiger partial charge on any atom is 0.317 e. The molecule has 1 unspecified atom stereocenters. The van der Waals surface area contributed by atoms with Crippen molar-refractivity contribution in [3.8, 4) is 0 Å². The van der Waals surface area contributed by atoms with E-state index in [0.717, 1.165) is 12.0 Å². The monoisotopic (exact) mass is 364 g/mol. The normalized spacial score (nSPS) is 21.6. The number of benzene rings is 1. The van der Waals surface area contributed by atoms with Crippen LogP contribution in [0, 0.1) is 5.82 Å². The molecule has 1 N–H and O–H groups in total. The van der Waals surface area contributed by atoms with Crippen LogP contribution < -0.4 is 5.32 Å². The molecule has 0 aromatic heterocycles. The molecule has 6 heteroatoms. The number of carbonyl (C=O) groups is 1. The first kappa shape index (κ1) is 19.1. The summed E-state index contributed by atoms with van der Waals surface area (Å²) in [5, 5.41) is 2.96. The molecule has 2 fully saturated rings. The molecule has 0 spiro atoms. The number of nitrogens with zero attached hydrogens (tertiary/aromatic N) is 1. The third-order valence-electron chi connectivity index (χ3n) is 5.10. The van der Waals surface area contributed by atoms with Gasteiger partial charge in [0.25, 0.3) is 0 Å². The molecule has 1 aliphatic heterocycles. The third kappa shape index (κ3) is 5.68. The Morgan fingerprint density at radius 1 is 1.23 bits per heavy atom. The van der Waals surface area contributed by atoms with Gasteiger partial charge in [0.1, 0.15) is 11.9 Å². The van der Waals surface area contributed by atoms with Crippen molar-refractivity contribution >= 4 is 6.03 Å². The predicted octanol–water partition coefficient (Wildman–Crippen LogP) is 3.65. The fourth-order valence-electron chi connectivity index (χ4n) is 3.57. The van der Waals surface area contributed by atoms with Crippen molar-refractivity contribution < 1.29 is 18.7 Å². The Balaban J connectivity index is 1.35. The minimum Gasteiger partial charge on any atom is -0.378 e. The third-order valence-corrected chi connectivity index (χ3v) is 5.10. The highest BCUT2D eigenvalue weighted by atomic mass is 19.1. The van der Waals surface area contributed by atoms with Crippen LogP contribution in [0.1, 0.15) is 50.2 Å². The summed E-state index contributed by atoms with van der Waals surface area (Å²) >= 11 is 0. The number of nitrogens with one attached hydrogen (secondary N) is 1. The van der Waals surface area contributed by atoms with Gasteiger partial charge in [-0.15, -0.1) is 0 Å². The van der Waals surface area contributed by atoms with Crippen LogP contribution in [0.5, 0.6) is 0 Å². The van der Waals surface area contributed by atoms with Gasteiger partial charge in [-0.3, -0.25) is 0 Å². The number of carbonyl (C=O) groups excluding carboxylic acids is 1. The van der Waals surface area contributed by atoms with Gasteiger partial charge in [-0.2, -0.15) is 0 Å². The van der Waals surface area contributed by atoms with Crippen LogP contribution in [-0.2, 0) is 9.47 Å². The van der Waals surface area contributed by atoms with Gasteiger partial charge in [-0.05, 0) is 37.0 Å². The Bertz CT molecular complexity index is 561. The van der Waals surface area contributed by atoms with Gasteiger partial charge in [-0.25, -0.2) is 9.18 Å². The van der Waals surface area contributed by atoms with Crippen LogP contribution in [0.15, 0.2) is 24.3 Å². The molecule has 1 aromatic carbocycles. The number of morpholine rings is 1. The first-order chi connectivity index (χ1) is 12.7. The molecule has 0 bridgehead atoms. The topological polar surface area (TPSA) is 50.8 Å². The van der Waals surface area contributed by atoms with E-state index < -0.39 is 0 Å². The van der Waals surface area contributed by atoms with E-state index in [1.807, 2.05) is 0 Å². The van der Waals surface area contributed by atoms with Crippen molar-refractivity contribution in [2.24, 2.45) is 0 Å². The quantitative estimate of drug-likeness (QED) is 0.784. The van der Waals surface area contributed by atoms with Gasteiger partial charge in [0.15, 0.2) is 0 Å². The second kappa shape index (κ2) is 9.88. The van der Waals surface area contributed by atoms with Crippen LogP contribution in [0.2, 0.25) is 0 Å².